The second-order valence-electron chi connectivity index (χ2n) is 7.67. The van der Waals surface area contributed by atoms with Crippen LogP contribution in [-0.4, -0.2) is 28.3 Å². The summed E-state index contributed by atoms with van der Waals surface area (Å²) in [6, 6.07) is 7.99. The Kier molecular flexibility index (Phi) is 6.06. The van der Waals surface area contributed by atoms with Gasteiger partial charge in [-0.1, -0.05) is 19.9 Å². The van der Waals surface area contributed by atoms with Gasteiger partial charge in [0, 0.05) is 16.2 Å². The fourth-order valence-corrected chi connectivity index (χ4v) is 3.21. The number of hydrogen-bond donors (Lipinski definition) is 1. The first-order valence-electron chi connectivity index (χ1n) is 8.76. The summed E-state index contributed by atoms with van der Waals surface area (Å²) in [7, 11) is 0. The van der Waals surface area contributed by atoms with Gasteiger partial charge in [-0.15, -0.1) is 11.8 Å². The van der Waals surface area contributed by atoms with E-state index in [2.05, 4.69) is 5.32 Å². The second kappa shape index (κ2) is 7.74. The van der Waals surface area contributed by atoms with E-state index in [1.807, 2.05) is 76.6 Å². The molecule has 0 aliphatic carbocycles. The first-order chi connectivity index (χ1) is 12.0. The van der Waals surface area contributed by atoms with E-state index in [1.165, 1.54) is 0 Å². The summed E-state index contributed by atoms with van der Waals surface area (Å²) in [4.78, 5) is 26.0. The van der Waals surface area contributed by atoms with Gasteiger partial charge in [0.15, 0.2) is 5.78 Å². The minimum Gasteiger partial charge on any atom is -0.444 e. The zero-order valence-electron chi connectivity index (χ0n) is 16.5. The Morgan fingerprint density at radius 1 is 1.15 bits per heavy atom. The smallest absolute Gasteiger partial charge is 0.409 e. The molecule has 1 atom stereocenters. The Morgan fingerprint density at radius 3 is 2.35 bits per heavy atom. The number of benzene rings is 1. The van der Waals surface area contributed by atoms with Crippen LogP contribution < -0.4 is 5.32 Å². The fraction of sp³-hybridized carbons (Fsp3) is 0.500. The summed E-state index contributed by atoms with van der Waals surface area (Å²) >= 11 is 1.64. The number of amides is 1. The van der Waals surface area contributed by atoms with Gasteiger partial charge in [0.25, 0.3) is 0 Å². The fourth-order valence-electron chi connectivity index (χ4n) is 2.77. The number of nitrogens with one attached hydrogen (secondary N) is 1. The molecule has 1 N–H and O–H groups in total. The number of hydrogen-bond acceptors (Lipinski definition) is 4. The van der Waals surface area contributed by atoms with Crippen molar-refractivity contribution in [1.29, 1.82) is 0 Å². The molecule has 1 aromatic heterocycles. The van der Waals surface area contributed by atoms with Crippen molar-refractivity contribution in [3.63, 3.8) is 0 Å². The van der Waals surface area contributed by atoms with Crippen molar-refractivity contribution in [2.75, 3.05) is 6.26 Å². The normalized spacial score (nSPS) is 13.1. The first kappa shape index (κ1) is 20.4. The quantitative estimate of drug-likeness (QED) is 0.572. The predicted molar refractivity (Wildman–Crippen MR) is 107 cm³/mol. The van der Waals surface area contributed by atoms with Gasteiger partial charge in [-0.25, -0.2) is 4.79 Å². The van der Waals surface area contributed by atoms with E-state index in [0.717, 1.165) is 15.8 Å². The first-order valence-corrected chi connectivity index (χ1v) is 9.98. The highest BCUT2D eigenvalue weighted by atomic mass is 32.2. The molecule has 1 amide bonds. The van der Waals surface area contributed by atoms with Crippen LogP contribution in [-0.2, 0) is 4.74 Å². The Labute approximate surface area is 159 Å². The van der Waals surface area contributed by atoms with E-state index in [0.29, 0.717) is 5.69 Å². The van der Waals surface area contributed by atoms with Crippen LogP contribution >= 0.6 is 11.8 Å². The third kappa shape index (κ3) is 4.61. The summed E-state index contributed by atoms with van der Waals surface area (Å²) in [5.74, 6) is -0.0865. The summed E-state index contributed by atoms with van der Waals surface area (Å²) in [6.07, 6.45) is 1.09. The van der Waals surface area contributed by atoms with Gasteiger partial charge in [-0.3, -0.25) is 4.79 Å². The van der Waals surface area contributed by atoms with E-state index in [-0.39, 0.29) is 11.7 Å². The number of nitrogens with zero attached hydrogens (tertiary/aromatic N) is 1. The third-order valence-electron chi connectivity index (χ3n) is 3.94. The van der Waals surface area contributed by atoms with Crippen molar-refractivity contribution in [3.05, 3.63) is 30.0 Å². The van der Waals surface area contributed by atoms with Gasteiger partial charge in [0.05, 0.1) is 11.2 Å². The van der Waals surface area contributed by atoms with Gasteiger partial charge < -0.3 is 14.6 Å². The average Bonchev–Trinajstić information content (AvgIpc) is 2.90. The number of ether oxygens (including phenoxy) is 1. The number of Topliss-reactive ketones (excluding diaryl/α,β-unsaturated/α-hetero) is 1. The molecule has 0 bridgehead atoms. The van der Waals surface area contributed by atoms with E-state index in [9.17, 15) is 9.59 Å². The topological polar surface area (TPSA) is 60.3 Å². The van der Waals surface area contributed by atoms with Crippen LogP contribution in [0.4, 0.5) is 4.79 Å². The van der Waals surface area contributed by atoms with Crippen LogP contribution in [0.25, 0.3) is 10.9 Å². The van der Waals surface area contributed by atoms with Crippen molar-refractivity contribution >= 4 is 34.5 Å². The van der Waals surface area contributed by atoms with Gasteiger partial charge in [0.2, 0.25) is 0 Å². The van der Waals surface area contributed by atoms with E-state index < -0.39 is 17.9 Å². The minimum absolute atomic E-state index is 0.0461. The number of ketones is 1. The van der Waals surface area contributed by atoms with E-state index >= 15 is 0 Å². The van der Waals surface area contributed by atoms with Crippen molar-refractivity contribution in [1.82, 2.24) is 9.88 Å². The van der Waals surface area contributed by atoms with Crippen molar-refractivity contribution in [2.24, 2.45) is 5.92 Å². The van der Waals surface area contributed by atoms with Crippen LogP contribution in [0.1, 0.15) is 58.2 Å². The molecular formula is C20H28N2O3S. The van der Waals surface area contributed by atoms with Crippen LogP contribution in [0.15, 0.2) is 29.2 Å². The molecule has 2 rings (SSSR count). The highest BCUT2D eigenvalue weighted by molar-refractivity contribution is 7.98. The standard InChI is InChI=1S/C20H28N2O3S/c1-12(2)18(23)17-10-14-8-9-15(26-7)11-16(14)22(17)13(3)21-19(24)25-20(4,5)6/h8-13H,1-7H3,(H,21,24). The Morgan fingerprint density at radius 2 is 1.81 bits per heavy atom. The molecule has 26 heavy (non-hydrogen) atoms. The van der Waals surface area contributed by atoms with Gasteiger partial charge >= 0.3 is 6.09 Å². The molecule has 0 radical (unpaired) electrons. The number of carbonyl (C=O) groups is 2. The van der Waals surface area contributed by atoms with Crippen molar-refractivity contribution < 1.29 is 14.3 Å². The molecule has 1 heterocycles. The Bertz CT molecular complexity index is 818. The molecule has 1 aromatic carbocycles. The maximum atomic E-state index is 12.7. The van der Waals surface area contributed by atoms with Gasteiger partial charge in [-0.2, -0.15) is 0 Å². The molecule has 0 saturated heterocycles. The molecule has 2 aromatic rings. The number of rotatable bonds is 5. The van der Waals surface area contributed by atoms with E-state index in [1.54, 1.807) is 11.8 Å². The molecule has 6 heteroatoms. The SMILES string of the molecule is CSc1ccc2cc(C(=O)C(C)C)n(C(C)NC(=O)OC(C)(C)C)c2c1. The lowest BCUT2D eigenvalue weighted by Gasteiger charge is -2.24. The second-order valence-corrected chi connectivity index (χ2v) is 8.55. The zero-order valence-corrected chi connectivity index (χ0v) is 17.4. The van der Waals surface area contributed by atoms with Gasteiger partial charge in [0.1, 0.15) is 11.8 Å². The van der Waals surface area contributed by atoms with Gasteiger partial charge in [-0.05, 0) is 52.1 Å². The number of carbonyl (C=O) groups excluding carboxylic acids is 2. The van der Waals surface area contributed by atoms with Crippen LogP contribution in [0, 0.1) is 5.92 Å². The third-order valence-corrected chi connectivity index (χ3v) is 4.66. The molecule has 0 fully saturated rings. The molecule has 142 valence electrons. The van der Waals surface area contributed by atoms with E-state index in [4.69, 9.17) is 4.74 Å². The average molecular weight is 377 g/mol. The predicted octanol–water partition coefficient (Wildman–Crippen LogP) is 5.25. The summed E-state index contributed by atoms with van der Waals surface area (Å²) < 4.78 is 7.25. The minimum atomic E-state index is -0.578. The van der Waals surface area contributed by atoms with Crippen molar-refractivity contribution in [2.45, 2.75) is 58.2 Å². The molecule has 0 saturated carbocycles. The lowest BCUT2D eigenvalue weighted by Crippen LogP contribution is -2.36. The molecular weight excluding hydrogens is 348 g/mol. The maximum absolute atomic E-state index is 12.7. The summed E-state index contributed by atoms with van der Waals surface area (Å²) in [5.41, 5.74) is 0.937. The largest absolute Gasteiger partial charge is 0.444 e. The Balaban J connectivity index is 2.49. The zero-order chi connectivity index (χ0) is 19.6. The van der Waals surface area contributed by atoms with Crippen LogP contribution in [0.2, 0.25) is 0 Å². The lowest BCUT2D eigenvalue weighted by atomic mass is 10.1. The molecule has 0 aliphatic rings. The molecule has 1 unspecified atom stereocenters. The number of aromatic nitrogens is 1. The summed E-state index contributed by atoms with van der Waals surface area (Å²) in [6.45, 7) is 11.1. The monoisotopic (exact) mass is 376 g/mol. The molecule has 5 nitrogen and oxygen atoms in total. The van der Waals surface area contributed by atoms with Crippen molar-refractivity contribution in [3.8, 4) is 0 Å². The summed E-state index contributed by atoms with van der Waals surface area (Å²) in [5, 5.41) is 3.82. The number of fused-ring (bicyclic) bond motifs is 1. The van der Waals surface area contributed by atoms with Crippen LogP contribution in [0.5, 0.6) is 0 Å². The highest BCUT2D eigenvalue weighted by Gasteiger charge is 2.24. The molecule has 0 spiro atoms. The number of alkyl carbamates (subject to hydrolysis) is 1. The highest BCUT2D eigenvalue weighted by Crippen LogP contribution is 2.29. The van der Waals surface area contributed by atoms with Crippen LogP contribution in [0.3, 0.4) is 0 Å². The maximum Gasteiger partial charge on any atom is 0.409 e. The molecule has 0 aliphatic heterocycles. The number of thioether (sulfide) groups is 1. The lowest BCUT2D eigenvalue weighted by molar-refractivity contribution is 0.0487. The Hall–Kier alpha value is -1.95.